The normalized spacial score (nSPS) is 10.0. The Morgan fingerprint density at radius 3 is 3.08 bits per heavy atom. The molecule has 0 saturated carbocycles. The van der Waals surface area contributed by atoms with Crippen LogP contribution in [0.3, 0.4) is 0 Å². The number of pyridine rings is 1. The number of hydrogen-bond donors (Lipinski definition) is 0. The molecule has 0 aliphatic heterocycles. The maximum atomic E-state index is 8.70. The third-order valence-electron chi connectivity index (χ3n) is 1.62. The molecule has 0 saturated heterocycles. The lowest BCUT2D eigenvalue weighted by Gasteiger charge is -1.97. The van der Waals surface area contributed by atoms with Gasteiger partial charge in [0, 0.05) is 12.4 Å². The Bertz CT molecular complexity index is 467. The number of rotatable bonds is 0. The summed E-state index contributed by atoms with van der Waals surface area (Å²) in [5, 5.41) is 9.26. The molecule has 4 heteroatoms. The molecule has 0 atom stereocenters. The van der Waals surface area contributed by atoms with Gasteiger partial charge in [0.15, 0.2) is 5.65 Å². The topological polar surface area (TPSA) is 41.1 Å². The lowest BCUT2D eigenvalue weighted by Crippen LogP contribution is -1.90. The number of halogens is 1. The molecule has 0 aliphatic rings. The number of aromatic nitrogens is 2. The van der Waals surface area contributed by atoms with Crippen LogP contribution in [0.4, 0.5) is 0 Å². The van der Waals surface area contributed by atoms with Crippen molar-refractivity contribution >= 4 is 17.2 Å². The molecule has 2 rings (SSSR count). The maximum absolute atomic E-state index is 8.70. The lowest BCUT2D eigenvalue weighted by atomic mass is 10.3. The predicted octanol–water partition coefficient (Wildman–Crippen LogP) is 1.86. The van der Waals surface area contributed by atoms with Crippen LogP contribution < -0.4 is 0 Å². The quantitative estimate of drug-likeness (QED) is 0.616. The van der Waals surface area contributed by atoms with Gasteiger partial charge in [0.25, 0.3) is 0 Å². The largest absolute Gasteiger partial charge is 0.290 e. The molecule has 0 bridgehead atoms. The van der Waals surface area contributed by atoms with Gasteiger partial charge in [0.05, 0.1) is 5.02 Å². The van der Waals surface area contributed by atoms with Crippen LogP contribution >= 0.6 is 11.6 Å². The Balaban J connectivity index is 2.94. The molecule has 12 heavy (non-hydrogen) atoms. The fourth-order valence-corrected chi connectivity index (χ4v) is 1.28. The summed E-state index contributed by atoms with van der Waals surface area (Å²) >= 11 is 5.83. The summed E-state index contributed by atoms with van der Waals surface area (Å²) in [4.78, 5) is 4.01. The molecule has 0 radical (unpaired) electrons. The Morgan fingerprint density at radius 2 is 2.33 bits per heavy atom. The highest BCUT2D eigenvalue weighted by atomic mass is 35.5. The minimum atomic E-state index is 0.534. The summed E-state index contributed by atoms with van der Waals surface area (Å²) in [6.45, 7) is 0. The molecule has 0 N–H and O–H groups in total. The fraction of sp³-hybridized carbons (Fsp3) is 0. The zero-order chi connectivity index (χ0) is 8.55. The monoisotopic (exact) mass is 177 g/mol. The summed E-state index contributed by atoms with van der Waals surface area (Å²) < 4.78 is 1.66. The average Bonchev–Trinajstić information content (AvgIpc) is 2.54. The van der Waals surface area contributed by atoms with Crippen molar-refractivity contribution < 1.29 is 0 Å². The predicted molar refractivity (Wildman–Crippen MR) is 44.9 cm³/mol. The molecule has 0 spiro atoms. The van der Waals surface area contributed by atoms with E-state index in [0.29, 0.717) is 16.4 Å². The second kappa shape index (κ2) is 2.50. The highest BCUT2D eigenvalue weighted by Crippen LogP contribution is 2.16. The van der Waals surface area contributed by atoms with Crippen LogP contribution in [0, 0.1) is 11.3 Å². The van der Waals surface area contributed by atoms with Crippen LogP contribution in [-0.4, -0.2) is 9.38 Å². The maximum Gasteiger partial charge on any atom is 0.156 e. The lowest BCUT2D eigenvalue weighted by molar-refractivity contribution is 1.14. The van der Waals surface area contributed by atoms with Gasteiger partial charge >= 0.3 is 0 Å². The van der Waals surface area contributed by atoms with Gasteiger partial charge in [0.1, 0.15) is 11.8 Å². The van der Waals surface area contributed by atoms with Crippen LogP contribution in [0.15, 0.2) is 24.5 Å². The molecule has 0 amide bonds. The Hall–Kier alpha value is -1.53. The molecule has 2 aromatic heterocycles. The number of imidazole rings is 1. The van der Waals surface area contributed by atoms with Crippen molar-refractivity contribution in [2.24, 2.45) is 0 Å². The highest BCUT2D eigenvalue weighted by Gasteiger charge is 2.02. The minimum absolute atomic E-state index is 0.534. The Kier molecular flexibility index (Phi) is 1.49. The first-order chi connectivity index (χ1) is 5.83. The Labute approximate surface area is 73.8 Å². The molecule has 2 aromatic rings. The second-order valence-corrected chi connectivity index (χ2v) is 2.71. The van der Waals surface area contributed by atoms with Gasteiger partial charge in [-0.25, -0.2) is 4.98 Å². The van der Waals surface area contributed by atoms with E-state index in [0.717, 1.165) is 0 Å². The smallest absolute Gasteiger partial charge is 0.156 e. The summed E-state index contributed by atoms with van der Waals surface area (Å²) in [5.41, 5.74) is 1.16. The fourth-order valence-electron chi connectivity index (χ4n) is 1.07. The Morgan fingerprint density at radius 1 is 1.50 bits per heavy atom. The van der Waals surface area contributed by atoms with Gasteiger partial charge < -0.3 is 0 Å². The van der Waals surface area contributed by atoms with E-state index in [2.05, 4.69) is 4.98 Å². The third-order valence-corrected chi connectivity index (χ3v) is 1.91. The first-order valence-electron chi connectivity index (χ1n) is 3.34. The van der Waals surface area contributed by atoms with Crippen LogP contribution in [0.1, 0.15) is 5.69 Å². The van der Waals surface area contributed by atoms with Gasteiger partial charge in [0.2, 0.25) is 0 Å². The van der Waals surface area contributed by atoms with Crippen LogP contribution in [0.2, 0.25) is 5.02 Å². The van der Waals surface area contributed by atoms with Gasteiger partial charge in [-0.1, -0.05) is 11.6 Å². The van der Waals surface area contributed by atoms with Crippen molar-refractivity contribution in [3.63, 3.8) is 0 Å². The van der Waals surface area contributed by atoms with Crippen LogP contribution in [0.5, 0.6) is 0 Å². The molecule has 2 heterocycles. The zero-order valence-electron chi connectivity index (χ0n) is 6.03. The summed E-state index contributed by atoms with van der Waals surface area (Å²) in [7, 11) is 0. The average molecular weight is 178 g/mol. The van der Waals surface area contributed by atoms with E-state index in [-0.39, 0.29) is 0 Å². The van der Waals surface area contributed by atoms with Crippen molar-refractivity contribution in [1.82, 2.24) is 9.38 Å². The van der Waals surface area contributed by atoms with E-state index in [1.165, 1.54) is 0 Å². The SMILES string of the molecule is N#Cc1ccc(Cl)c2nccn12. The number of nitrogens with zero attached hydrogens (tertiary/aromatic N) is 3. The van der Waals surface area contributed by atoms with E-state index in [4.69, 9.17) is 16.9 Å². The first kappa shape index (κ1) is 7.14. The van der Waals surface area contributed by atoms with Crippen molar-refractivity contribution in [3.8, 4) is 6.07 Å². The zero-order valence-corrected chi connectivity index (χ0v) is 6.78. The summed E-state index contributed by atoms with van der Waals surface area (Å²) in [5.74, 6) is 0. The van der Waals surface area contributed by atoms with E-state index in [9.17, 15) is 0 Å². The molecule has 0 unspecified atom stereocenters. The van der Waals surface area contributed by atoms with Crippen LogP contribution in [-0.2, 0) is 0 Å². The first-order valence-corrected chi connectivity index (χ1v) is 3.72. The molecule has 0 aromatic carbocycles. The van der Waals surface area contributed by atoms with E-state index >= 15 is 0 Å². The second-order valence-electron chi connectivity index (χ2n) is 2.30. The molecular weight excluding hydrogens is 174 g/mol. The number of fused-ring (bicyclic) bond motifs is 1. The van der Waals surface area contributed by atoms with Gasteiger partial charge in [-0.3, -0.25) is 4.40 Å². The third kappa shape index (κ3) is 0.858. The molecule has 58 valence electrons. The number of hydrogen-bond acceptors (Lipinski definition) is 2. The minimum Gasteiger partial charge on any atom is -0.290 e. The number of nitriles is 1. The van der Waals surface area contributed by atoms with Crippen molar-refractivity contribution in [2.45, 2.75) is 0 Å². The summed E-state index contributed by atoms with van der Waals surface area (Å²) in [6, 6.07) is 5.38. The van der Waals surface area contributed by atoms with Crippen molar-refractivity contribution in [1.29, 1.82) is 5.26 Å². The van der Waals surface area contributed by atoms with E-state index in [1.54, 1.807) is 28.9 Å². The summed E-state index contributed by atoms with van der Waals surface area (Å²) in [6.07, 6.45) is 3.32. The van der Waals surface area contributed by atoms with Gasteiger partial charge in [-0.2, -0.15) is 5.26 Å². The molecule has 3 nitrogen and oxygen atoms in total. The van der Waals surface area contributed by atoms with E-state index in [1.807, 2.05) is 6.07 Å². The van der Waals surface area contributed by atoms with E-state index < -0.39 is 0 Å². The standard InChI is InChI=1S/C8H4ClN3/c9-7-2-1-6(5-10)12-4-3-11-8(7)12/h1-4H. The van der Waals surface area contributed by atoms with Gasteiger partial charge in [-0.05, 0) is 12.1 Å². The van der Waals surface area contributed by atoms with Crippen molar-refractivity contribution in [3.05, 3.63) is 35.2 Å². The van der Waals surface area contributed by atoms with Crippen molar-refractivity contribution in [2.75, 3.05) is 0 Å². The highest BCUT2D eigenvalue weighted by molar-refractivity contribution is 6.33. The van der Waals surface area contributed by atoms with Gasteiger partial charge in [-0.15, -0.1) is 0 Å². The molecular formula is C8H4ClN3. The molecule has 0 fully saturated rings. The van der Waals surface area contributed by atoms with Crippen LogP contribution in [0.25, 0.3) is 5.65 Å². The molecule has 0 aliphatic carbocycles.